The molecule has 5 rings (SSSR count). The van der Waals surface area contributed by atoms with Gasteiger partial charge in [0.1, 0.15) is 17.2 Å². The summed E-state index contributed by atoms with van der Waals surface area (Å²) in [5.74, 6) is -3.41. The molecule has 4 aromatic rings. The maximum Gasteiger partial charge on any atom is 0.270 e. The van der Waals surface area contributed by atoms with Crippen LogP contribution in [-0.4, -0.2) is 32.2 Å². The molecule has 40 heavy (non-hydrogen) atoms. The lowest BCUT2D eigenvalue weighted by Gasteiger charge is -2.16. The first-order valence-corrected chi connectivity index (χ1v) is 12.4. The number of nitrogens with one attached hydrogen (secondary N) is 2. The molecule has 0 aliphatic heterocycles. The Hall–Kier alpha value is -4.61. The largest absolute Gasteiger partial charge is 0.347 e. The van der Waals surface area contributed by atoms with Gasteiger partial charge in [0, 0.05) is 18.2 Å². The average molecular weight is 554 g/mol. The van der Waals surface area contributed by atoms with E-state index in [0.717, 1.165) is 45.6 Å². The minimum absolute atomic E-state index is 0.0487. The molecule has 0 saturated heterocycles. The zero-order chi connectivity index (χ0) is 28.7. The Bertz CT molecular complexity index is 1680. The zero-order valence-corrected chi connectivity index (χ0v) is 21.4. The number of hydrogen-bond donors (Lipinski definition) is 2. The van der Waals surface area contributed by atoms with E-state index in [9.17, 15) is 31.9 Å². The molecule has 206 valence electrons. The number of amides is 2. The quantitative estimate of drug-likeness (QED) is 0.253. The Morgan fingerprint density at radius 3 is 2.58 bits per heavy atom. The molecule has 0 fully saturated rings. The van der Waals surface area contributed by atoms with Crippen LogP contribution in [0.1, 0.15) is 85.0 Å². The van der Waals surface area contributed by atoms with Crippen LogP contribution in [0.2, 0.25) is 0 Å². The molecule has 2 aromatic carbocycles. The monoisotopic (exact) mass is 553 g/mol. The second kappa shape index (κ2) is 10.5. The number of aromatic nitrogens is 3. The maximum absolute atomic E-state index is 14.4. The van der Waals surface area contributed by atoms with Crippen LogP contribution in [0.3, 0.4) is 0 Å². The first-order chi connectivity index (χ1) is 19.0. The number of rotatable bonds is 7. The van der Waals surface area contributed by atoms with Crippen LogP contribution in [0.25, 0.3) is 5.65 Å². The number of benzene rings is 2. The summed E-state index contributed by atoms with van der Waals surface area (Å²) >= 11 is 0. The van der Waals surface area contributed by atoms with Gasteiger partial charge < -0.3 is 10.6 Å². The normalized spacial score (nSPS) is 14.4. The van der Waals surface area contributed by atoms with Crippen LogP contribution < -0.4 is 10.6 Å². The fourth-order valence-electron chi connectivity index (χ4n) is 5.00. The summed E-state index contributed by atoms with van der Waals surface area (Å²) in [4.78, 5) is 42.1. The highest BCUT2D eigenvalue weighted by Gasteiger charge is 2.29. The topological polar surface area (TPSA) is 105 Å². The van der Waals surface area contributed by atoms with Gasteiger partial charge in [-0.1, -0.05) is 18.2 Å². The highest BCUT2D eigenvalue weighted by atomic mass is 19.3. The summed E-state index contributed by atoms with van der Waals surface area (Å²) in [5, 5.41) is 9.25. The third-order valence-corrected chi connectivity index (χ3v) is 7.02. The van der Waals surface area contributed by atoms with Crippen LogP contribution in [0, 0.1) is 18.6 Å². The summed E-state index contributed by atoms with van der Waals surface area (Å²) in [6.07, 6.45) is -0.934. The van der Waals surface area contributed by atoms with Crippen LogP contribution in [-0.2, 0) is 13.0 Å². The van der Waals surface area contributed by atoms with E-state index in [1.807, 2.05) is 6.92 Å². The number of hydrogen-bond acceptors (Lipinski definition) is 5. The number of Topliss-reactive ketones (excluding diaryl/α,β-unsaturated/α-hetero) is 1. The molecule has 2 aromatic heterocycles. The van der Waals surface area contributed by atoms with Gasteiger partial charge in [-0.05, 0) is 61.1 Å². The third-order valence-electron chi connectivity index (χ3n) is 7.02. The Balaban J connectivity index is 1.39. The lowest BCUT2D eigenvalue weighted by molar-refractivity contribution is 0.0927. The van der Waals surface area contributed by atoms with Crippen molar-refractivity contribution < 1.29 is 31.9 Å². The van der Waals surface area contributed by atoms with E-state index < -0.39 is 35.4 Å². The van der Waals surface area contributed by atoms with Gasteiger partial charge in [-0.3, -0.25) is 14.4 Å². The fourth-order valence-corrected chi connectivity index (χ4v) is 5.00. The molecule has 1 atom stereocenters. The van der Waals surface area contributed by atoms with E-state index in [1.165, 1.54) is 13.0 Å². The summed E-state index contributed by atoms with van der Waals surface area (Å²) in [7, 11) is 0. The predicted molar refractivity (Wildman–Crippen MR) is 135 cm³/mol. The van der Waals surface area contributed by atoms with E-state index >= 15 is 0 Å². The van der Waals surface area contributed by atoms with Gasteiger partial charge in [0.25, 0.3) is 18.2 Å². The number of ketones is 1. The first-order valence-electron chi connectivity index (χ1n) is 12.4. The van der Waals surface area contributed by atoms with Crippen molar-refractivity contribution in [3.05, 3.63) is 99.0 Å². The van der Waals surface area contributed by atoms with E-state index in [4.69, 9.17) is 0 Å². The highest BCUT2D eigenvalue weighted by Crippen LogP contribution is 2.35. The van der Waals surface area contributed by atoms with Crippen LogP contribution in [0.15, 0.2) is 42.6 Å². The van der Waals surface area contributed by atoms with Gasteiger partial charge >= 0.3 is 0 Å². The van der Waals surface area contributed by atoms with E-state index in [1.54, 1.807) is 12.1 Å². The van der Waals surface area contributed by atoms with E-state index in [0.29, 0.717) is 18.4 Å². The Morgan fingerprint density at radius 1 is 1.07 bits per heavy atom. The van der Waals surface area contributed by atoms with Crippen molar-refractivity contribution in [3.63, 3.8) is 0 Å². The second-order valence-corrected chi connectivity index (χ2v) is 9.52. The van der Waals surface area contributed by atoms with Gasteiger partial charge in [0.05, 0.1) is 17.8 Å². The predicted octanol–water partition coefficient (Wildman–Crippen LogP) is 4.80. The van der Waals surface area contributed by atoms with Crippen molar-refractivity contribution in [3.8, 4) is 0 Å². The Labute approximate surface area is 225 Å². The molecule has 8 nitrogen and oxygen atoms in total. The molecule has 0 bridgehead atoms. The number of carbonyl (C=O) groups is 3. The molecule has 0 radical (unpaired) electrons. The maximum atomic E-state index is 14.4. The van der Waals surface area contributed by atoms with Crippen LogP contribution in [0.5, 0.6) is 0 Å². The molecule has 2 amide bonds. The van der Waals surface area contributed by atoms with Crippen molar-refractivity contribution in [2.45, 2.75) is 45.7 Å². The average Bonchev–Trinajstić information content (AvgIpc) is 3.51. The second-order valence-electron chi connectivity index (χ2n) is 9.52. The smallest absolute Gasteiger partial charge is 0.270 e. The number of alkyl halides is 2. The number of carbonyl (C=O) groups excluding carboxylic acids is 3. The van der Waals surface area contributed by atoms with Crippen LogP contribution >= 0.6 is 0 Å². The number of fused-ring (bicyclic) bond motifs is 2. The number of halogens is 4. The third kappa shape index (κ3) is 4.92. The SMILES string of the molecule is CC(=O)c1ccc2c(c1C)CC[C@@H]2NC(=O)c1cc(C(=O)NCc2ccc(F)c(C(F)F)c2)nc2c(F)cnn12. The van der Waals surface area contributed by atoms with Gasteiger partial charge in [0.15, 0.2) is 17.2 Å². The van der Waals surface area contributed by atoms with Gasteiger partial charge in [-0.2, -0.15) is 5.10 Å². The zero-order valence-electron chi connectivity index (χ0n) is 21.4. The van der Waals surface area contributed by atoms with Crippen molar-refractivity contribution in [1.29, 1.82) is 0 Å². The molecular weight excluding hydrogens is 530 g/mol. The summed E-state index contributed by atoms with van der Waals surface area (Å²) in [6, 6.07) is 7.36. The summed E-state index contributed by atoms with van der Waals surface area (Å²) in [6.45, 7) is 3.12. The fraction of sp³-hybridized carbons (Fsp3) is 0.250. The minimum Gasteiger partial charge on any atom is -0.347 e. The Morgan fingerprint density at radius 2 is 1.85 bits per heavy atom. The summed E-state index contributed by atoms with van der Waals surface area (Å²) < 4.78 is 55.0. The van der Waals surface area contributed by atoms with Crippen molar-refractivity contribution >= 4 is 23.2 Å². The van der Waals surface area contributed by atoms with Gasteiger partial charge in [-0.25, -0.2) is 27.1 Å². The molecule has 0 spiro atoms. The van der Waals surface area contributed by atoms with Gasteiger partial charge in [-0.15, -0.1) is 0 Å². The molecule has 1 aliphatic rings. The van der Waals surface area contributed by atoms with Crippen molar-refractivity contribution in [2.24, 2.45) is 0 Å². The molecule has 2 N–H and O–H groups in total. The Kier molecular flexibility index (Phi) is 7.09. The van der Waals surface area contributed by atoms with Crippen molar-refractivity contribution in [1.82, 2.24) is 25.2 Å². The molecule has 2 heterocycles. The molecule has 12 heteroatoms. The lowest BCUT2D eigenvalue weighted by atomic mass is 9.96. The molecule has 1 aliphatic carbocycles. The van der Waals surface area contributed by atoms with E-state index in [2.05, 4.69) is 20.7 Å². The first kappa shape index (κ1) is 27.0. The highest BCUT2D eigenvalue weighted by molar-refractivity contribution is 5.99. The molecule has 0 unspecified atom stereocenters. The standard InChI is InChI=1S/C28H23F4N5O3/c1-13-16(14(2)38)4-5-18-17(13)6-8-22(18)36-28(40)24-10-23(35-26-21(30)12-34-37(24)26)27(39)33-11-15-3-7-20(29)19(9-15)25(31)32/h3-5,7,9-10,12,22,25H,6,8,11H2,1-2H3,(H,33,39)(H,36,40)/t22-/m0/s1. The minimum atomic E-state index is -3.03. The van der Waals surface area contributed by atoms with E-state index in [-0.39, 0.29) is 41.0 Å². The van der Waals surface area contributed by atoms with Gasteiger partial charge in [0.2, 0.25) is 0 Å². The summed E-state index contributed by atoms with van der Waals surface area (Å²) in [5.41, 5.74) is 1.95. The lowest BCUT2D eigenvalue weighted by Crippen LogP contribution is -2.30. The molecule has 0 saturated carbocycles. The molecular formula is C28H23F4N5O3. The number of nitrogens with zero attached hydrogens (tertiary/aromatic N) is 3. The van der Waals surface area contributed by atoms with Crippen LogP contribution in [0.4, 0.5) is 17.6 Å². The van der Waals surface area contributed by atoms with Crippen molar-refractivity contribution in [2.75, 3.05) is 0 Å².